The third-order valence-corrected chi connectivity index (χ3v) is 4.67. The van der Waals surface area contributed by atoms with Crippen molar-refractivity contribution < 1.29 is 0 Å². The number of halogens is 1. The number of nitrogens with zero attached hydrogens (tertiary/aromatic N) is 3. The molecule has 0 bridgehead atoms. The first-order valence-electron chi connectivity index (χ1n) is 7.41. The third kappa shape index (κ3) is 4.28. The van der Waals surface area contributed by atoms with Gasteiger partial charge in [0.15, 0.2) is 0 Å². The molecule has 1 aliphatic rings. The second-order valence-electron chi connectivity index (χ2n) is 5.90. The monoisotopic (exact) mass is 357 g/mol. The second kappa shape index (κ2) is 7.38. The quantitative estimate of drug-likeness (QED) is 0.829. The number of hydrogen-bond acceptors (Lipinski definition) is 5. The smallest absolute Gasteiger partial charge is 0.283 e. The minimum Gasteiger partial charge on any atom is -0.378 e. The van der Waals surface area contributed by atoms with Crippen molar-refractivity contribution in [2.45, 2.75) is 44.3 Å². The lowest BCUT2D eigenvalue weighted by atomic mass is 9.91. The Morgan fingerprint density at radius 2 is 2.19 bits per heavy atom. The van der Waals surface area contributed by atoms with Gasteiger partial charge in [-0.3, -0.25) is 4.79 Å². The number of nitrogens with two attached hydrogens (primary N) is 1. The molecule has 1 saturated carbocycles. The van der Waals surface area contributed by atoms with E-state index in [2.05, 4.69) is 26.3 Å². The lowest BCUT2D eigenvalue weighted by Crippen LogP contribution is -2.43. The molecule has 2 atom stereocenters. The summed E-state index contributed by atoms with van der Waals surface area (Å²) in [5, 5.41) is 7.62. The molecular formula is C14H24BrN5O. The largest absolute Gasteiger partial charge is 0.378 e. The predicted molar refractivity (Wildman–Crippen MR) is 88.6 cm³/mol. The van der Waals surface area contributed by atoms with Crippen LogP contribution in [0.15, 0.2) is 15.5 Å². The zero-order chi connectivity index (χ0) is 15.4. The number of aromatic nitrogens is 2. The molecule has 2 rings (SSSR count). The van der Waals surface area contributed by atoms with Crippen LogP contribution in [0.1, 0.15) is 25.7 Å². The number of anilines is 1. The number of nitrogens with one attached hydrogen (secondary N) is 1. The van der Waals surface area contributed by atoms with E-state index in [1.165, 1.54) is 17.5 Å². The van der Waals surface area contributed by atoms with Crippen LogP contribution < -0.4 is 16.6 Å². The zero-order valence-corrected chi connectivity index (χ0v) is 14.3. The average molecular weight is 358 g/mol. The van der Waals surface area contributed by atoms with Gasteiger partial charge >= 0.3 is 0 Å². The molecule has 1 heterocycles. The normalized spacial score (nSPS) is 22.5. The van der Waals surface area contributed by atoms with Crippen LogP contribution in [0.5, 0.6) is 0 Å². The highest BCUT2D eigenvalue weighted by Crippen LogP contribution is 2.23. The highest BCUT2D eigenvalue weighted by atomic mass is 79.9. The molecule has 0 saturated heterocycles. The van der Waals surface area contributed by atoms with Crippen LogP contribution in [0.2, 0.25) is 0 Å². The topological polar surface area (TPSA) is 76.2 Å². The van der Waals surface area contributed by atoms with E-state index < -0.39 is 0 Å². The first-order valence-corrected chi connectivity index (χ1v) is 8.21. The van der Waals surface area contributed by atoms with Gasteiger partial charge in [0, 0.05) is 18.6 Å². The summed E-state index contributed by atoms with van der Waals surface area (Å²) < 4.78 is 2.02. The van der Waals surface area contributed by atoms with E-state index in [-0.39, 0.29) is 17.6 Å². The molecule has 1 aromatic heterocycles. The van der Waals surface area contributed by atoms with Crippen molar-refractivity contribution in [2.24, 2.45) is 5.73 Å². The third-order valence-electron chi connectivity index (χ3n) is 3.90. The summed E-state index contributed by atoms with van der Waals surface area (Å²) in [6.07, 6.45) is 6.14. The van der Waals surface area contributed by atoms with Gasteiger partial charge < -0.3 is 16.0 Å². The molecule has 0 radical (unpaired) electrons. The van der Waals surface area contributed by atoms with Gasteiger partial charge in [0.25, 0.3) is 5.56 Å². The van der Waals surface area contributed by atoms with Crippen molar-refractivity contribution in [1.82, 2.24) is 14.7 Å². The van der Waals surface area contributed by atoms with E-state index in [9.17, 15) is 4.79 Å². The molecule has 1 fully saturated rings. The van der Waals surface area contributed by atoms with Gasteiger partial charge in [-0.05, 0) is 42.9 Å². The van der Waals surface area contributed by atoms with E-state index >= 15 is 0 Å². The molecule has 1 aliphatic carbocycles. The molecular weight excluding hydrogens is 334 g/mol. The Bertz CT molecular complexity index is 531. The molecule has 1 aromatic rings. The molecule has 21 heavy (non-hydrogen) atoms. The molecule has 0 aromatic carbocycles. The maximum atomic E-state index is 12.3. The first-order chi connectivity index (χ1) is 9.99. The first kappa shape index (κ1) is 16.5. The summed E-state index contributed by atoms with van der Waals surface area (Å²) in [5.74, 6) is 0. The maximum Gasteiger partial charge on any atom is 0.283 e. The highest BCUT2D eigenvalue weighted by Gasteiger charge is 2.22. The van der Waals surface area contributed by atoms with Gasteiger partial charge in [0.05, 0.1) is 18.4 Å². The average Bonchev–Trinajstić information content (AvgIpc) is 2.45. The fourth-order valence-corrected chi connectivity index (χ4v) is 2.98. The minimum absolute atomic E-state index is 0.105. The molecule has 0 spiro atoms. The van der Waals surface area contributed by atoms with Crippen molar-refractivity contribution in [3.8, 4) is 0 Å². The Morgan fingerprint density at radius 1 is 1.48 bits per heavy atom. The van der Waals surface area contributed by atoms with Gasteiger partial charge in [-0.2, -0.15) is 5.10 Å². The Labute approximate surface area is 133 Å². The fourth-order valence-electron chi connectivity index (χ4n) is 2.56. The molecule has 2 unspecified atom stereocenters. The molecule has 0 amide bonds. The van der Waals surface area contributed by atoms with Gasteiger partial charge in [0.1, 0.15) is 4.47 Å². The van der Waals surface area contributed by atoms with E-state index in [0.717, 1.165) is 25.1 Å². The van der Waals surface area contributed by atoms with Crippen molar-refractivity contribution in [1.29, 1.82) is 0 Å². The second-order valence-corrected chi connectivity index (χ2v) is 6.70. The van der Waals surface area contributed by atoms with E-state index in [1.54, 1.807) is 6.20 Å². The Morgan fingerprint density at radius 3 is 2.86 bits per heavy atom. The van der Waals surface area contributed by atoms with Crippen LogP contribution in [0.3, 0.4) is 0 Å². The Kier molecular flexibility index (Phi) is 5.78. The van der Waals surface area contributed by atoms with Crippen LogP contribution in [-0.4, -0.2) is 47.4 Å². The number of hydrogen-bond donors (Lipinski definition) is 2. The van der Waals surface area contributed by atoms with Crippen LogP contribution in [-0.2, 0) is 6.54 Å². The van der Waals surface area contributed by atoms with Crippen LogP contribution >= 0.6 is 15.9 Å². The minimum atomic E-state index is -0.105. The Balaban J connectivity index is 2.11. The van der Waals surface area contributed by atoms with Crippen molar-refractivity contribution in [3.05, 3.63) is 21.0 Å². The SMILES string of the molecule is CN(C)CCn1ncc(NC2CCCCC2N)c(Br)c1=O. The molecule has 0 aliphatic heterocycles. The van der Waals surface area contributed by atoms with E-state index in [4.69, 9.17) is 5.73 Å². The Hall–Kier alpha value is -0.920. The standard InChI is InChI=1S/C14H24BrN5O/c1-19(2)7-8-20-14(21)13(15)12(9-17-20)18-11-6-4-3-5-10(11)16/h9-11,18H,3-8,16H2,1-2H3. The van der Waals surface area contributed by atoms with Crippen molar-refractivity contribution in [2.75, 3.05) is 26.0 Å². The molecule has 3 N–H and O–H groups in total. The summed E-state index contributed by atoms with van der Waals surface area (Å²) in [7, 11) is 3.95. The van der Waals surface area contributed by atoms with Gasteiger partial charge in [-0.25, -0.2) is 4.68 Å². The lowest BCUT2D eigenvalue weighted by molar-refractivity contribution is 0.367. The fraction of sp³-hybridized carbons (Fsp3) is 0.714. The number of rotatable bonds is 5. The van der Waals surface area contributed by atoms with Crippen LogP contribution in [0.25, 0.3) is 0 Å². The maximum absolute atomic E-state index is 12.3. The van der Waals surface area contributed by atoms with Gasteiger partial charge in [-0.15, -0.1) is 0 Å². The van der Waals surface area contributed by atoms with Gasteiger partial charge in [-0.1, -0.05) is 12.8 Å². The van der Waals surface area contributed by atoms with Crippen LogP contribution in [0.4, 0.5) is 5.69 Å². The summed E-state index contributed by atoms with van der Waals surface area (Å²) in [4.78, 5) is 14.3. The van der Waals surface area contributed by atoms with Crippen molar-refractivity contribution >= 4 is 21.6 Å². The predicted octanol–water partition coefficient (Wildman–Crippen LogP) is 1.25. The van der Waals surface area contributed by atoms with E-state index in [1.807, 2.05) is 19.0 Å². The molecule has 7 heteroatoms. The molecule has 118 valence electrons. The van der Waals surface area contributed by atoms with E-state index in [0.29, 0.717) is 11.0 Å². The lowest BCUT2D eigenvalue weighted by Gasteiger charge is -2.30. The molecule has 6 nitrogen and oxygen atoms in total. The summed E-state index contributed by atoms with van der Waals surface area (Å²) in [5.41, 5.74) is 6.77. The van der Waals surface area contributed by atoms with Crippen LogP contribution in [0, 0.1) is 0 Å². The zero-order valence-electron chi connectivity index (χ0n) is 12.7. The van der Waals surface area contributed by atoms with Gasteiger partial charge in [0.2, 0.25) is 0 Å². The summed E-state index contributed by atoms with van der Waals surface area (Å²) in [6.45, 7) is 1.35. The highest BCUT2D eigenvalue weighted by molar-refractivity contribution is 9.10. The number of likely N-dealkylation sites (N-methyl/N-ethyl adjacent to an activating group) is 1. The summed E-state index contributed by atoms with van der Waals surface area (Å²) >= 11 is 3.39. The summed E-state index contributed by atoms with van der Waals surface area (Å²) in [6, 6.07) is 0.357. The van der Waals surface area contributed by atoms with Crippen molar-refractivity contribution in [3.63, 3.8) is 0 Å².